The first-order valence-electron chi connectivity index (χ1n) is 11.2. The van der Waals surface area contributed by atoms with E-state index in [0.29, 0.717) is 6.61 Å². The van der Waals surface area contributed by atoms with Crippen LogP contribution in [0.2, 0.25) is 0 Å². The average molecular weight is 446 g/mol. The van der Waals surface area contributed by atoms with E-state index in [1.807, 2.05) is 36.4 Å². The zero-order valence-corrected chi connectivity index (χ0v) is 18.8. The molecule has 0 aliphatic rings. The van der Waals surface area contributed by atoms with Crippen molar-refractivity contribution in [3.8, 4) is 17.1 Å². The Balaban J connectivity index is 1.22. The molecular weight excluding hydrogens is 422 g/mol. The smallest absolute Gasteiger partial charge is 0.155 e. The molecular formula is C28H23N5O. The molecule has 3 aromatic carbocycles. The van der Waals surface area contributed by atoms with Crippen LogP contribution in [0.1, 0.15) is 16.8 Å². The summed E-state index contributed by atoms with van der Waals surface area (Å²) in [7, 11) is 2.07. The third-order valence-electron chi connectivity index (χ3n) is 6.10. The van der Waals surface area contributed by atoms with Crippen LogP contribution in [0.5, 0.6) is 5.75 Å². The lowest BCUT2D eigenvalue weighted by atomic mass is 10.0. The third-order valence-corrected chi connectivity index (χ3v) is 6.10. The van der Waals surface area contributed by atoms with Gasteiger partial charge in [0, 0.05) is 35.6 Å². The van der Waals surface area contributed by atoms with Crippen molar-refractivity contribution in [2.45, 2.75) is 13.0 Å². The minimum atomic E-state index is 0.433. The first-order chi connectivity index (χ1) is 16.7. The molecule has 0 radical (unpaired) electrons. The molecule has 6 heteroatoms. The fraction of sp³-hybridized carbons (Fsp3) is 0.107. The number of pyridine rings is 1. The van der Waals surface area contributed by atoms with Crippen molar-refractivity contribution >= 4 is 21.8 Å². The Kier molecular flexibility index (Phi) is 5.03. The molecule has 0 aliphatic heterocycles. The van der Waals surface area contributed by atoms with E-state index in [4.69, 9.17) is 9.72 Å². The van der Waals surface area contributed by atoms with Crippen molar-refractivity contribution in [3.63, 3.8) is 0 Å². The van der Waals surface area contributed by atoms with Crippen LogP contribution >= 0.6 is 0 Å². The summed E-state index contributed by atoms with van der Waals surface area (Å²) in [5.41, 5.74) is 6.58. The molecule has 0 fully saturated rings. The Hall–Kier alpha value is -4.45. The van der Waals surface area contributed by atoms with Crippen molar-refractivity contribution in [2.75, 3.05) is 0 Å². The molecule has 3 aromatic heterocycles. The van der Waals surface area contributed by atoms with Crippen LogP contribution in [0.4, 0.5) is 0 Å². The van der Waals surface area contributed by atoms with Gasteiger partial charge in [-0.3, -0.25) is 5.10 Å². The summed E-state index contributed by atoms with van der Waals surface area (Å²) < 4.78 is 8.26. The molecule has 0 unspecified atom stereocenters. The number of hydrogen-bond acceptors (Lipinski definition) is 4. The van der Waals surface area contributed by atoms with Crippen molar-refractivity contribution in [2.24, 2.45) is 7.05 Å². The van der Waals surface area contributed by atoms with Gasteiger partial charge in [0.2, 0.25) is 0 Å². The molecule has 6 rings (SSSR count). The van der Waals surface area contributed by atoms with Crippen LogP contribution in [-0.4, -0.2) is 24.7 Å². The molecule has 0 bridgehead atoms. The summed E-state index contributed by atoms with van der Waals surface area (Å²) in [6, 6.07) is 26.9. The number of ether oxygens (including phenoxy) is 1. The number of nitrogens with zero attached hydrogens (tertiary/aromatic N) is 4. The summed E-state index contributed by atoms with van der Waals surface area (Å²) in [4.78, 5) is 8.97. The number of hydrogen-bond donors (Lipinski definition) is 1. The molecule has 6 nitrogen and oxygen atoms in total. The largest absolute Gasteiger partial charge is 0.487 e. The summed E-state index contributed by atoms with van der Waals surface area (Å²) in [6.07, 6.45) is 4.56. The number of H-pyrrole nitrogens is 1. The van der Waals surface area contributed by atoms with Gasteiger partial charge in [-0.2, -0.15) is 5.10 Å². The minimum Gasteiger partial charge on any atom is -0.487 e. The Morgan fingerprint density at radius 2 is 1.88 bits per heavy atom. The maximum atomic E-state index is 6.10. The van der Waals surface area contributed by atoms with Crippen molar-refractivity contribution < 1.29 is 4.74 Å². The van der Waals surface area contributed by atoms with E-state index >= 15 is 0 Å². The standard InChI is InChI=1S/C28H23N5O/c1-33-16-22(14-19-5-4-7-21(13-19)28-29-18-30-32-28)25-12-11-24(15-27(25)33)34-17-23-10-9-20-6-2-3-8-26(20)31-23/h2-13,15-16,18H,14,17H2,1H3,(H,29,30,32). The molecule has 0 atom stereocenters. The average Bonchev–Trinajstić information content (AvgIpc) is 3.52. The quantitative estimate of drug-likeness (QED) is 0.358. The number of nitrogens with one attached hydrogen (secondary N) is 1. The zero-order valence-electron chi connectivity index (χ0n) is 18.8. The molecule has 3 heterocycles. The molecule has 0 spiro atoms. The predicted molar refractivity (Wildman–Crippen MR) is 134 cm³/mol. The third kappa shape index (κ3) is 3.90. The van der Waals surface area contributed by atoms with Gasteiger partial charge in [0.1, 0.15) is 18.7 Å². The maximum absolute atomic E-state index is 6.10. The number of aryl methyl sites for hydroxylation is 1. The van der Waals surface area contributed by atoms with Gasteiger partial charge < -0.3 is 9.30 Å². The van der Waals surface area contributed by atoms with E-state index in [0.717, 1.165) is 45.7 Å². The monoisotopic (exact) mass is 445 g/mol. The second kappa shape index (κ2) is 8.48. The zero-order chi connectivity index (χ0) is 22.9. The van der Waals surface area contributed by atoms with Crippen LogP contribution < -0.4 is 4.74 Å². The summed E-state index contributed by atoms with van der Waals surface area (Å²) >= 11 is 0. The highest BCUT2D eigenvalue weighted by molar-refractivity contribution is 5.85. The predicted octanol–water partition coefficient (Wildman–Crippen LogP) is 5.68. The normalized spacial score (nSPS) is 11.3. The highest BCUT2D eigenvalue weighted by Crippen LogP contribution is 2.28. The van der Waals surface area contributed by atoms with Crippen molar-refractivity contribution in [1.82, 2.24) is 24.7 Å². The van der Waals surface area contributed by atoms with Crippen LogP contribution in [0.3, 0.4) is 0 Å². The number of aromatic amines is 1. The van der Waals surface area contributed by atoms with Gasteiger partial charge >= 0.3 is 0 Å². The van der Waals surface area contributed by atoms with E-state index in [-0.39, 0.29) is 0 Å². The molecule has 0 saturated carbocycles. The lowest BCUT2D eigenvalue weighted by Gasteiger charge is -2.08. The van der Waals surface area contributed by atoms with Gasteiger partial charge in [0.15, 0.2) is 5.82 Å². The molecule has 0 aliphatic carbocycles. The van der Waals surface area contributed by atoms with Gasteiger partial charge in [0.25, 0.3) is 0 Å². The summed E-state index contributed by atoms with van der Waals surface area (Å²) in [6.45, 7) is 0.433. The summed E-state index contributed by atoms with van der Waals surface area (Å²) in [5.74, 6) is 1.62. The Bertz CT molecular complexity index is 1600. The van der Waals surface area contributed by atoms with Crippen LogP contribution in [-0.2, 0) is 20.1 Å². The first kappa shape index (κ1) is 20.2. The van der Waals surface area contributed by atoms with E-state index in [1.165, 1.54) is 22.8 Å². The highest BCUT2D eigenvalue weighted by atomic mass is 16.5. The highest BCUT2D eigenvalue weighted by Gasteiger charge is 2.10. The van der Waals surface area contributed by atoms with E-state index in [2.05, 4.69) is 75.5 Å². The van der Waals surface area contributed by atoms with E-state index < -0.39 is 0 Å². The van der Waals surface area contributed by atoms with Gasteiger partial charge in [-0.1, -0.05) is 42.5 Å². The number of fused-ring (bicyclic) bond motifs is 2. The van der Waals surface area contributed by atoms with Crippen LogP contribution in [0, 0.1) is 0 Å². The van der Waals surface area contributed by atoms with Gasteiger partial charge in [-0.25, -0.2) is 9.97 Å². The second-order valence-electron chi connectivity index (χ2n) is 8.44. The maximum Gasteiger partial charge on any atom is 0.155 e. The van der Waals surface area contributed by atoms with Gasteiger partial charge in [-0.15, -0.1) is 0 Å². The molecule has 166 valence electrons. The Morgan fingerprint density at radius 1 is 0.941 bits per heavy atom. The van der Waals surface area contributed by atoms with Crippen LogP contribution in [0.25, 0.3) is 33.2 Å². The second-order valence-corrected chi connectivity index (χ2v) is 8.44. The molecule has 1 N–H and O–H groups in total. The number of para-hydroxylation sites is 1. The number of benzene rings is 3. The molecule has 34 heavy (non-hydrogen) atoms. The number of aromatic nitrogens is 5. The molecule has 0 amide bonds. The Labute approximate surface area is 196 Å². The van der Waals surface area contributed by atoms with Crippen molar-refractivity contribution in [1.29, 1.82) is 0 Å². The van der Waals surface area contributed by atoms with Gasteiger partial charge in [-0.05, 0) is 47.9 Å². The molecule has 0 saturated heterocycles. The fourth-order valence-electron chi connectivity index (χ4n) is 4.42. The van der Waals surface area contributed by atoms with E-state index in [9.17, 15) is 0 Å². The number of rotatable bonds is 6. The minimum absolute atomic E-state index is 0.433. The topological polar surface area (TPSA) is 68.6 Å². The SMILES string of the molecule is Cn1cc(Cc2cccc(-c3ncn[nH]3)c2)c2ccc(OCc3ccc4ccccc4n3)cc21. The summed E-state index contributed by atoms with van der Waals surface area (Å²) in [5, 5.41) is 9.25. The fourth-order valence-corrected chi connectivity index (χ4v) is 4.42. The first-order valence-corrected chi connectivity index (χ1v) is 11.2. The Morgan fingerprint density at radius 3 is 2.79 bits per heavy atom. The lowest BCUT2D eigenvalue weighted by molar-refractivity contribution is 0.302. The molecule has 6 aromatic rings. The van der Waals surface area contributed by atoms with Crippen LogP contribution in [0.15, 0.2) is 91.4 Å². The lowest BCUT2D eigenvalue weighted by Crippen LogP contribution is -1.98. The van der Waals surface area contributed by atoms with E-state index in [1.54, 1.807) is 0 Å². The van der Waals surface area contributed by atoms with Gasteiger partial charge in [0.05, 0.1) is 16.7 Å². The van der Waals surface area contributed by atoms with Crippen molar-refractivity contribution in [3.05, 3.63) is 108 Å².